The molecule has 1 aromatic heterocycles. The van der Waals surface area contributed by atoms with Gasteiger partial charge in [-0.15, -0.1) is 0 Å². The van der Waals surface area contributed by atoms with Gasteiger partial charge in [-0.25, -0.2) is 14.8 Å². The minimum absolute atomic E-state index is 0.00142. The number of halogens is 1. The first kappa shape index (κ1) is 17.9. The zero-order chi connectivity index (χ0) is 18.8. The SMILES string of the molecule is COc1cc(Nc2nc(C(C)C)nc3ccccc23)c(Cl)cc1C(=O)O. The van der Waals surface area contributed by atoms with Gasteiger partial charge < -0.3 is 15.2 Å². The number of fused-ring (bicyclic) bond motifs is 1. The van der Waals surface area contributed by atoms with Crippen LogP contribution in [0.2, 0.25) is 5.02 Å². The van der Waals surface area contributed by atoms with Crippen LogP contribution >= 0.6 is 11.6 Å². The Labute approximate surface area is 155 Å². The second kappa shape index (κ2) is 7.17. The molecule has 3 aromatic rings. The Morgan fingerprint density at radius 1 is 1.23 bits per heavy atom. The van der Waals surface area contributed by atoms with Gasteiger partial charge >= 0.3 is 5.97 Å². The Morgan fingerprint density at radius 3 is 2.62 bits per heavy atom. The Bertz CT molecular complexity index is 989. The average molecular weight is 372 g/mol. The van der Waals surface area contributed by atoms with Crippen LogP contribution in [0.15, 0.2) is 36.4 Å². The van der Waals surface area contributed by atoms with Crippen LogP contribution in [0.4, 0.5) is 11.5 Å². The predicted molar refractivity (Wildman–Crippen MR) is 102 cm³/mol. The van der Waals surface area contributed by atoms with Crippen LogP contribution in [-0.4, -0.2) is 28.2 Å². The minimum Gasteiger partial charge on any atom is -0.496 e. The fraction of sp³-hybridized carbons (Fsp3) is 0.211. The Morgan fingerprint density at radius 2 is 1.96 bits per heavy atom. The van der Waals surface area contributed by atoms with Crippen molar-refractivity contribution in [2.75, 3.05) is 12.4 Å². The van der Waals surface area contributed by atoms with Crippen molar-refractivity contribution in [3.05, 3.63) is 52.8 Å². The molecule has 0 radical (unpaired) electrons. The molecule has 0 amide bonds. The van der Waals surface area contributed by atoms with E-state index in [9.17, 15) is 9.90 Å². The summed E-state index contributed by atoms with van der Waals surface area (Å²) in [5.74, 6) is 0.569. The number of rotatable bonds is 5. The molecule has 0 unspecified atom stereocenters. The molecule has 0 aliphatic heterocycles. The lowest BCUT2D eigenvalue weighted by molar-refractivity contribution is 0.0693. The quantitative estimate of drug-likeness (QED) is 0.666. The standard InChI is InChI=1S/C19H18ClN3O3/c1-10(2)17-21-14-7-5-4-6-11(14)18(23-17)22-15-9-16(26-3)12(19(24)25)8-13(15)20/h4-10H,1-3H3,(H,24,25)(H,21,22,23). The first-order chi connectivity index (χ1) is 12.4. The molecular formula is C19H18ClN3O3. The maximum Gasteiger partial charge on any atom is 0.339 e. The van der Waals surface area contributed by atoms with Gasteiger partial charge in [-0.05, 0) is 18.2 Å². The molecule has 1 heterocycles. The maximum absolute atomic E-state index is 11.3. The highest BCUT2D eigenvalue weighted by molar-refractivity contribution is 6.34. The number of carbonyl (C=O) groups is 1. The normalized spacial score (nSPS) is 11.0. The van der Waals surface area contributed by atoms with E-state index in [0.29, 0.717) is 17.3 Å². The number of anilines is 2. The van der Waals surface area contributed by atoms with E-state index in [1.807, 2.05) is 38.1 Å². The van der Waals surface area contributed by atoms with E-state index < -0.39 is 5.97 Å². The zero-order valence-corrected chi connectivity index (χ0v) is 15.3. The molecule has 26 heavy (non-hydrogen) atoms. The van der Waals surface area contributed by atoms with Crippen LogP contribution < -0.4 is 10.1 Å². The van der Waals surface area contributed by atoms with Crippen LogP contribution in [0.3, 0.4) is 0 Å². The van der Waals surface area contributed by atoms with Crippen molar-refractivity contribution in [2.24, 2.45) is 0 Å². The van der Waals surface area contributed by atoms with Gasteiger partial charge in [-0.1, -0.05) is 37.6 Å². The topological polar surface area (TPSA) is 84.3 Å². The first-order valence-electron chi connectivity index (χ1n) is 8.05. The number of nitrogens with zero attached hydrogens (tertiary/aromatic N) is 2. The lowest BCUT2D eigenvalue weighted by Crippen LogP contribution is -2.05. The highest BCUT2D eigenvalue weighted by Gasteiger charge is 2.17. The molecule has 134 valence electrons. The average Bonchev–Trinajstić information content (AvgIpc) is 2.62. The molecule has 0 aliphatic rings. The number of aromatic carboxylic acids is 1. The molecule has 0 saturated carbocycles. The number of benzene rings is 2. The molecule has 3 rings (SSSR count). The summed E-state index contributed by atoms with van der Waals surface area (Å²) in [6.45, 7) is 4.04. The summed E-state index contributed by atoms with van der Waals surface area (Å²) in [6.07, 6.45) is 0. The summed E-state index contributed by atoms with van der Waals surface area (Å²) >= 11 is 6.28. The summed E-state index contributed by atoms with van der Waals surface area (Å²) in [6, 6.07) is 10.6. The number of carboxylic acids is 1. The molecule has 0 atom stereocenters. The summed E-state index contributed by atoms with van der Waals surface area (Å²) in [5, 5.41) is 13.6. The van der Waals surface area contributed by atoms with Crippen LogP contribution in [0.1, 0.15) is 35.9 Å². The maximum atomic E-state index is 11.3. The van der Waals surface area contributed by atoms with E-state index in [1.165, 1.54) is 13.2 Å². The monoisotopic (exact) mass is 371 g/mol. The molecule has 7 heteroatoms. The van der Waals surface area contributed by atoms with Crippen molar-refractivity contribution in [3.8, 4) is 5.75 Å². The summed E-state index contributed by atoms with van der Waals surface area (Å²) < 4.78 is 5.18. The van der Waals surface area contributed by atoms with Crippen LogP contribution in [0.5, 0.6) is 5.75 Å². The fourth-order valence-corrected chi connectivity index (χ4v) is 2.77. The van der Waals surface area contributed by atoms with Gasteiger partial charge in [0, 0.05) is 17.4 Å². The number of para-hydroxylation sites is 1. The highest BCUT2D eigenvalue weighted by Crippen LogP contribution is 2.34. The molecule has 0 spiro atoms. The third-order valence-corrected chi connectivity index (χ3v) is 4.22. The van der Waals surface area contributed by atoms with E-state index in [1.54, 1.807) is 6.07 Å². The second-order valence-corrected chi connectivity index (χ2v) is 6.47. The van der Waals surface area contributed by atoms with E-state index in [2.05, 4.69) is 15.3 Å². The van der Waals surface area contributed by atoms with Gasteiger partial charge in [0.1, 0.15) is 23.0 Å². The van der Waals surface area contributed by atoms with Crippen LogP contribution in [0, 0.1) is 0 Å². The summed E-state index contributed by atoms with van der Waals surface area (Å²) in [7, 11) is 1.41. The molecule has 0 bridgehead atoms. The van der Waals surface area contributed by atoms with Gasteiger partial charge in [-0.2, -0.15) is 0 Å². The molecule has 0 aliphatic carbocycles. The Kier molecular flexibility index (Phi) is 4.95. The van der Waals surface area contributed by atoms with Crippen molar-refractivity contribution in [3.63, 3.8) is 0 Å². The van der Waals surface area contributed by atoms with Gasteiger partial charge in [0.2, 0.25) is 0 Å². The largest absolute Gasteiger partial charge is 0.496 e. The van der Waals surface area contributed by atoms with E-state index in [0.717, 1.165) is 10.9 Å². The number of hydrogen-bond donors (Lipinski definition) is 2. The van der Waals surface area contributed by atoms with Crippen molar-refractivity contribution in [2.45, 2.75) is 19.8 Å². The Balaban J connectivity index is 2.13. The van der Waals surface area contributed by atoms with E-state index >= 15 is 0 Å². The van der Waals surface area contributed by atoms with Crippen molar-refractivity contribution in [1.29, 1.82) is 0 Å². The minimum atomic E-state index is -1.11. The van der Waals surface area contributed by atoms with Crippen molar-refractivity contribution in [1.82, 2.24) is 9.97 Å². The molecule has 2 aromatic carbocycles. The number of carboxylic acid groups (broad SMARTS) is 1. The lowest BCUT2D eigenvalue weighted by Gasteiger charge is -2.15. The molecular weight excluding hydrogens is 354 g/mol. The highest BCUT2D eigenvalue weighted by atomic mass is 35.5. The van der Waals surface area contributed by atoms with E-state index in [4.69, 9.17) is 16.3 Å². The zero-order valence-electron chi connectivity index (χ0n) is 14.6. The van der Waals surface area contributed by atoms with Crippen LogP contribution in [0.25, 0.3) is 10.9 Å². The first-order valence-corrected chi connectivity index (χ1v) is 8.43. The second-order valence-electron chi connectivity index (χ2n) is 6.06. The third kappa shape index (κ3) is 3.41. The van der Waals surface area contributed by atoms with Crippen molar-refractivity contribution < 1.29 is 14.6 Å². The Hall–Kier alpha value is -2.86. The third-order valence-electron chi connectivity index (χ3n) is 3.91. The molecule has 0 fully saturated rings. The van der Waals surface area contributed by atoms with E-state index in [-0.39, 0.29) is 22.3 Å². The number of ether oxygens (including phenoxy) is 1. The lowest BCUT2D eigenvalue weighted by atomic mass is 10.1. The van der Waals surface area contributed by atoms with Gasteiger partial charge in [0.15, 0.2) is 0 Å². The van der Waals surface area contributed by atoms with Gasteiger partial charge in [-0.3, -0.25) is 0 Å². The number of nitrogens with one attached hydrogen (secondary N) is 1. The van der Waals surface area contributed by atoms with Gasteiger partial charge in [0.05, 0.1) is 23.3 Å². The molecule has 0 saturated heterocycles. The number of aromatic nitrogens is 2. The predicted octanol–water partition coefficient (Wildman–Crippen LogP) is 4.86. The fourth-order valence-electron chi connectivity index (χ4n) is 2.56. The summed E-state index contributed by atoms with van der Waals surface area (Å²) in [4.78, 5) is 20.5. The van der Waals surface area contributed by atoms with Crippen LogP contribution in [-0.2, 0) is 0 Å². The number of methoxy groups -OCH3 is 1. The van der Waals surface area contributed by atoms with Crippen molar-refractivity contribution >= 4 is 40.0 Å². The number of hydrogen-bond acceptors (Lipinski definition) is 5. The molecule has 6 nitrogen and oxygen atoms in total. The smallest absolute Gasteiger partial charge is 0.339 e. The molecule has 2 N–H and O–H groups in total. The summed E-state index contributed by atoms with van der Waals surface area (Å²) in [5.41, 5.74) is 1.32. The van der Waals surface area contributed by atoms with Gasteiger partial charge in [0.25, 0.3) is 0 Å².